The van der Waals surface area contributed by atoms with Gasteiger partial charge in [-0.1, -0.05) is 6.07 Å². The average Bonchev–Trinajstić information content (AvgIpc) is 3.38. The molecule has 2 fully saturated rings. The van der Waals surface area contributed by atoms with E-state index in [2.05, 4.69) is 21.3 Å². The normalized spacial score (nSPS) is 25.2. The lowest BCUT2D eigenvalue weighted by Crippen LogP contribution is -2.34. The standard InChI is InChI=1S/C19H23N3O3S/c1-24-19-13(3-2-5-20-19)8-22-9-16-15(11-25-17(16)10-22)7-21-18(23)14-4-6-26-12-14/h2-6,12,15-17H,7-11H2,1H3,(H,21,23)/t15-,16+,17+/m1/s1. The summed E-state index contributed by atoms with van der Waals surface area (Å²) in [5.41, 5.74) is 1.83. The van der Waals surface area contributed by atoms with Crippen LogP contribution in [0.5, 0.6) is 5.88 Å². The zero-order valence-electron chi connectivity index (χ0n) is 14.8. The van der Waals surface area contributed by atoms with Crippen molar-refractivity contribution >= 4 is 17.2 Å². The lowest BCUT2D eigenvalue weighted by Gasteiger charge is -2.20. The first-order valence-electron chi connectivity index (χ1n) is 8.87. The van der Waals surface area contributed by atoms with Gasteiger partial charge in [-0.2, -0.15) is 11.3 Å². The molecule has 138 valence electrons. The third kappa shape index (κ3) is 3.60. The Bertz CT molecular complexity index is 752. The molecule has 1 amide bonds. The number of nitrogens with zero attached hydrogens (tertiary/aromatic N) is 2. The molecule has 0 aliphatic carbocycles. The molecule has 2 aromatic heterocycles. The Hall–Kier alpha value is -1.96. The van der Waals surface area contributed by atoms with Crippen LogP contribution in [0.2, 0.25) is 0 Å². The highest BCUT2D eigenvalue weighted by Crippen LogP contribution is 2.34. The first kappa shape index (κ1) is 17.5. The molecule has 2 aliphatic rings. The lowest BCUT2D eigenvalue weighted by atomic mass is 9.93. The summed E-state index contributed by atoms with van der Waals surface area (Å²) in [6, 6.07) is 5.85. The Labute approximate surface area is 157 Å². The van der Waals surface area contributed by atoms with E-state index in [1.807, 2.05) is 22.9 Å². The number of methoxy groups -OCH3 is 1. The molecule has 0 saturated carbocycles. The molecule has 0 spiro atoms. The van der Waals surface area contributed by atoms with Gasteiger partial charge in [0.25, 0.3) is 5.91 Å². The predicted molar refractivity (Wildman–Crippen MR) is 99.4 cm³/mol. The van der Waals surface area contributed by atoms with Crippen molar-refractivity contribution in [2.75, 3.05) is 33.4 Å². The SMILES string of the molecule is COc1ncccc1CN1C[C@H]2[C@H](CNC(=O)c3ccsc3)CO[C@H]2C1. The van der Waals surface area contributed by atoms with Crippen LogP contribution in [0, 0.1) is 11.8 Å². The number of carbonyl (C=O) groups excluding carboxylic acids is 1. The van der Waals surface area contributed by atoms with Crippen molar-refractivity contribution in [2.45, 2.75) is 12.6 Å². The topological polar surface area (TPSA) is 63.7 Å². The second-order valence-electron chi connectivity index (χ2n) is 6.88. The fourth-order valence-electron chi connectivity index (χ4n) is 3.91. The first-order chi connectivity index (χ1) is 12.7. The molecule has 26 heavy (non-hydrogen) atoms. The third-order valence-corrected chi connectivity index (χ3v) is 5.94. The molecular formula is C19H23N3O3S. The predicted octanol–water partition coefficient (Wildman–Crippen LogP) is 2.03. The zero-order chi connectivity index (χ0) is 17.9. The molecule has 4 heterocycles. The van der Waals surface area contributed by atoms with Crippen molar-refractivity contribution in [3.05, 3.63) is 46.3 Å². The summed E-state index contributed by atoms with van der Waals surface area (Å²) >= 11 is 1.54. The van der Waals surface area contributed by atoms with Crippen molar-refractivity contribution in [1.29, 1.82) is 0 Å². The van der Waals surface area contributed by atoms with E-state index in [1.165, 1.54) is 11.3 Å². The Kier molecular flexibility index (Phi) is 5.19. The average molecular weight is 373 g/mol. The third-order valence-electron chi connectivity index (χ3n) is 5.26. The highest BCUT2D eigenvalue weighted by molar-refractivity contribution is 7.08. The van der Waals surface area contributed by atoms with Gasteiger partial charge in [0.05, 0.1) is 19.8 Å². The molecule has 7 heteroatoms. The molecule has 0 bridgehead atoms. The summed E-state index contributed by atoms with van der Waals surface area (Å²) in [6.07, 6.45) is 2.00. The second-order valence-corrected chi connectivity index (χ2v) is 7.66. The van der Waals surface area contributed by atoms with Gasteiger partial charge in [-0.05, 0) is 17.5 Å². The number of hydrogen-bond acceptors (Lipinski definition) is 6. The monoisotopic (exact) mass is 373 g/mol. The number of aromatic nitrogens is 1. The molecular weight excluding hydrogens is 350 g/mol. The van der Waals surface area contributed by atoms with Gasteiger partial charge in [-0.3, -0.25) is 9.69 Å². The summed E-state index contributed by atoms with van der Waals surface area (Å²) < 4.78 is 11.4. The van der Waals surface area contributed by atoms with E-state index in [1.54, 1.807) is 13.3 Å². The zero-order valence-corrected chi connectivity index (χ0v) is 15.6. The largest absolute Gasteiger partial charge is 0.481 e. The van der Waals surface area contributed by atoms with E-state index >= 15 is 0 Å². The maximum Gasteiger partial charge on any atom is 0.252 e. The minimum absolute atomic E-state index is 0.00430. The van der Waals surface area contributed by atoms with E-state index in [-0.39, 0.29) is 12.0 Å². The number of thiophene rings is 1. The lowest BCUT2D eigenvalue weighted by molar-refractivity contribution is 0.0903. The van der Waals surface area contributed by atoms with Crippen LogP contribution in [0.25, 0.3) is 0 Å². The Balaban J connectivity index is 1.33. The number of nitrogens with one attached hydrogen (secondary N) is 1. The van der Waals surface area contributed by atoms with Crippen molar-refractivity contribution in [2.24, 2.45) is 11.8 Å². The summed E-state index contributed by atoms with van der Waals surface area (Å²) in [5.74, 6) is 1.51. The van der Waals surface area contributed by atoms with Gasteiger partial charge in [0.1, 0.15) is 0 Å². The summed E-state index contributed by atoms with van der Waals surface area (Å²) in [6.45, 7) is 4.09. The number of hydrogen-bond donors (Lipinski definition) is 1. The molecule has 0 aromatic carbocycles. The van der Waals surface area contributed by atoms with Gasteiger partial charge in [0, 0.05) is 60.7 Å². The summed E-state index contributed by atoms with van der Waals surface area (Å²) in [5, 5.41) is 6.86. The van der Waals surface area contributed by atoms with Crippen molar-refractivity contribution in [1.82, 2.24) is 15.2 Å². The van der Waals surface area contributed by atoms with Crippen LogP contribution in [0.3, 0.4) is 0 Å². The Morgan fingerprint density at radius 3 is 3.19 bits per heavy atom. The Morgan fingerprint density at radius 1 is 1.46 bits per heavy atom. The summed E-state index contributed by atoms with van der Waals surface area (Å²) in [7, 11) is 1.65. The molecule has 1 N–H and O–H groups in total. The van der Waals surface area contributed by atoms with Crippen molar-refractivity contribution in [3.63, 3.8) is 0 Å². The van der Waals surface area contributed by atoms with Gasteiger partial charge in [0.2, 0.25) is 5.88 Å². The maximum absolute atomic E-state index is 12.2. The van der Waals surface area contributed by atoms with Crippen LogP contribution in [0.1, 0.15) is 15.9 Å². The molecule has 2 aromatic rings. The number of amides is 1. The highest BCUT2D eigenvalue weighted by atomic mass is 32.1. The highest BCUT2D eigenvalue weighted by Gasteiger charge is 2.43. The minimum atomic E-state index is 0.00430. The summed E-state index contributed by atoms with van der Waals surface area (Å²) in [4.78, 5) is 18.8. The fourth-order valence-corrected chi connectivity index (χ4v) is 4.54. The number of likely N-dealkylation sites (tertiary alicyclic amines) is 1. The molecule has 4 rings (SSSR count). The van der Waals surface area contributed by atoms with Gasteiger partial charge in [-0.25, -0.2) is 4.98 Å². The molecule has 6 nitrogen and oxygen atoms in total. The van der Waals surface area contributed by atoms with Crippen LogP contribution in [0.15, 0.2) is 35.2 Å². The number of ether oxygens (including phenoxy) is 2. The molecule has 0 unspecified atom stereocenters. The van der Waals surface area contributed by atoms with Gasteiger partial charge >= 0.3 is 0 Å². The molecule has 2 aliphatic heterocycles. The van der Waals surface area contributed by atoms with E-state index in [0.29, 0.717) is 24.3 Å². The van der Waals surface area contributed by atoms with E-state index in [4.69, 9.17) is 9.47 Å². The van der Waals surface area contributed by atoms with Gasteiger partial charge in [-0.15, -0.1) is 0 Å². The first-order valence-corrected chi connectivity index (χ1v) is 9.81. The number of pyridine rings is 1. The number of rotatable bonds is 6. The van der Waals surface area contributed by atoms with E-state index in [9.17, 15) is 4.79 Å². The molecule has 2 saturated heterocycles. The van der Waals surface area contributed by atoms with Crippen LogP contribution in [-0.4, -0.2) is 55.2 Å². The van der Waals surface area contributed by atoms with Crippen LogP contribution >= 0.6 is 11.3 Å². The number of fused-ring (bicyclic) bond motifs is 1. The smallest absolute Gasteiger partial charge is 0.252 e. The fraction of sp³-hybridized carbons (Fsp3) is 0.474. The number of carbonyl (C=O) groups is 1. The van der Waals surface area contributed by atoms with Crippen LogP contribution < -0.4 is 10.1 Å². The Morgan fingerprint density at radius 2 is 2.38 bits per heavy atom. The minimum Gasteiger partial charge on any atom is -0.481 e. The van der Waals surface area contributed by atoms with E-state index in [0.717, 1.165) is 37.4 Å². The van der Waals surface area contributed by atoms with E-state index < -0.39 is 0 Å². The van der Waals surface area contributed by atoms with Gasteiger partial charge < -0.3 is 14.8 Å². The quantitative estimate of drug-likeness (QED) is 0.839. The van der Waals surface area contributed by atoms with Crippen LogP contribution in [0.4, 0.5) is 0 Å². The van der Waals surface area contributed by atoms with Crippen molar-refractivity contribution in [3.8, 4) is 5.88 Å². The van der Waals surface area contributed by atoms with Gasteiger partial charge in [0.15, 0.2) is 0 Å². The maximum atomic E-state index is 12.2. The molecule has 0 radical (unpaired) electrons. The second kappa shape index (κ2) is 7.73. The van der Waals surface area contributed by atoms with Crippen molar-refractivity contribution < 1.29 is 14.3 Å². The molecule has 3 atom stereocenters. The van der Waals surface area contributed by atoms with Crippen LogP contribution in [-0.2, 0) is 11.3 Å².